The van der Waals surface area contributed by atoms with Crippen LogP contribution >= 0.6 is 0 Å². The van der Waals surface area contributed by atoms with Crippen LogP contribution < -0.4 is 5.73 Å². The van der Waals surface area contributed by atoms with Gasteiger partial charge in [-0.1, -0.05) is 38.1 Å². The van der Waals surface area contributed by atoms with Crippen molar-refractivity contribution in [2.75, 3.05) is 13.7 Å². The Bertz CT molecular complexity index is 277. The summed E-state index contributed by atoms with van der Waals surface area (Å²) in [6, 6.07) is 8.57. The van der Waals surface area contributed by atoms with Crippen molar-refractivity contribution in [1.82, 2.24) is 0 Å². The highest BCUT2D eigenvalue weighted by molar-refractivity contribution is 5.26. The first-order valence-electron chi connectivity index (χ1n) is 5.55. The van der Waals surface area contributed by atoms with Crippen LogP contribution in [0.4, 0.5) is 0 Å². The van der Waals surface area contributed by atoms with Gasteiger partial charge in [-0.05, 0) is 30.0 Å². The van der Waals surface area contributed by atoms with Crippen LogP contribution in [0.1, 0.15) is 43.4 Å². The van der Waals surface area contributed by atoms with Crippen molar-refractivity contribution in [2.24, 2.45) is 5.73 Å². The maximum atomic E-state index is 5.63. The van der Waals surface area contributed by atoms with Gasteiger partial charge in [0.25, 0.3) is 0 Å². The van der Waals surface area contributed by atoms with E-state index in [1.54, 1.807) is 7.11 Å². The van der Waals surface area contributed by atoms with E-state index in [1.165, 1.54) is 11.1 Å². The number of benzene rings is 1. The lowest BCUT2D eigenvalue weighted by Crippen LogP contribution is -2.09. The average Bonchev–Trinajstić information content (AvgIpc) is 2.30. The second kappa shape index (κ2) is 5.89. The maximum Gasteiger partial charge on any atom is 0.0818 e. The van der Waals surface area contributed by atoms with Gasteiger partial charge in [0, 0.05) is 7.11 Å². The zero-order chi connectivity index (χ0) is 11.3. The van der Waals surface area contributed by atoms with Crippen LogP contribution in [0.15, 0.2) is 24.3 Å². The van der Waals surface area contributed by atoms with Crippen LogP contribution in [0.25, 0.3) is 0 Å². The Balaban J connectivity index is 2.79. The Morgan fingerprint density at radius 2 is 1.73 bits per heavy atom. The molecule has 1 rings (SSSR count). The molecule has 2 heteroatoms. The van der Waals surface area contributed by atoms with Gasteiger partial charge in [-0.25, -0.2) is 0 Å². The Hall–Kier alpha value is -0.860. The van der Waals surface area contributed by atoms with Crippen molar-refractivity contribution < 1.29 is 4.74 Å². The SMILES string of the molecule is CCC(OC)c1ccc(C(C)CN)cc1. The van der Waals surface area contributed by atoms with Gasteiger partial charge in [0.15, 0.2) is 0 Å². The van der Waals surface area contributed by atoms with Crippen LogP contribution in [0.5, 0.6) is 0 Å². The summed E-state index contributed by atoms with van der Waals surface area (Å²) in [5, 5.41) is 0. The summed E-state index contributed by atoms with van der Waals surface area (Å²) >= 11 is 0. The fraction of sp³-hybridized carbons (Fsp3) is 0.538. The van der Waals surface area contributed by atoms with E-state index in [1.807, 2.05) is 0 Å². The molecule has 1 aromatic carbocycles. The number of ether oxygens (including phenoxy) is 1. The molecule has 0 radical (unpaired) electrons. The molecule has 84 valence electrons. The molecule has 15 heavy (non-hydrogen) atoms. The van der Waals surface area contributed by atoms with Crippen LogP contribution in [-0.2, 0) is 4.74 Å². The first-order valence-corrected chi connectivity index (χ1v) is 5.55. The van der Waals surface area contributed by atoms with Crippen molar-refractivity contribution >= 4 is 0 Å². The molecule has 2 N–H and O–H groups in total. The van der Waals surface area contributed by atoms with Crippen LogP contribution in [0.2, 0.25) is 0 Å². The Morgan fingerprint density at radius 3 is 2.13 bits per heavy atom. The summed E-state index contributed by atoms with van der Waals surface area (Å²) < 4.78 is 5.39. The Labute approximate surface area is 92.4 Å². The lowest BCUT2D eigenvalue weighted by atomic mass is 9.98. The van der Waals surface area contributed by atoms with Gasteiger partial charge in [-0.15, -0.1) is 0 Å². The van der Waals surface area contributed by atoms with E-state index in [-0.39, 0.29) is 6.10 Å². The van der Waals surface area contributed by atoms with E-state index in [2.05, 4.69) is 38.1 Å². The van der Waals surface area contributed by atoms with Gasteiger partial charge in [0.05, 0.1) is 6.10 Å². The third-order valence-electron chi connectivity index (χ3n) is 2.89. The van der Waals surface area contributed by atoms with Gasteiger partial charge < -0.3 is 10.5 Å². The van der Waals surface area contributed by atoms with Crippen LogP contribution in [-0.4, -0.2) is 13.7 Å². The van der Waals surface area contributed by atoms with Gasteiger partial charge in [0.1, 0.15) is 0 Å². The first kappa shape index (κ1) is 12.2. The van der Waals surface area contributed by atoms with Crippen molar-refractivity contribution in [1.29, 1.82) is 0 Å². The molecule has 0 saturated carbocycles. The summed E-state index contributed by atoms with van der Waals surface area (Å²) in [6.07, 6.45) is 1.22. The molecule has 0 saturated heterocycles. The molecule has 0 bridgehead atoms. The van der Waals surface area contributed by atoms with E-state index in [0.29, 0.717) is 12.5 Å². The largest absolute Gasteiger partial charge is 0.377 e. The maximum absolute atomic E-state index is 5.63. The zero-order valence-corrected chi connectivity index (χ0v) is 9.86. The lowest BCUT2D eigenvalue weighted by Gasteiger charge is -2.15. The molecule has 0 heterocycles. The van der Waals surface area contributed by atoms with Gasteiger partial charge in [-0.2, -0.15) is 0 Å². The minimum atomic E-state index is 0.215. The number of rotatable bonds is 5. The first-order chi connectivity index (χ1) is 7.22. The molecule has 0 fully saturated rings. The Kier molecular flexibility index (Phi) is 4.79. The summed E-state index contributed by atoms with van der Waals surface area (Å²) in [5.74, 6) is 0.432. The van der Waals surface area contributed by atoms with Crippen molar-refractivity contribution in [3.63, 3.8) is 0 Å². The summed E-state index contributed by atoms with van der Waals surface area (Å²) in [6.45, 7) is 4.97. The van der Waals surface area contributed by atoms with Crippen molar-refractivity contribution in [3.8, 4) is 0 Å². The monoisotopic (exact) mass is 207 g/mol. The minimum absolute atomic E-state index is 0.215. The topological polar surface area (TPSA) is 35.2 Å². The molecule has 0 amide bonds. The third-order valence-corrected chi connectivity index (χ3v) is 2.89. The van der Waals surface area contributed by atoms with E-state index < -0.39 is 0 Å². The highest BCUT2D eigenvalue weighted by Crippen LogP contribution is 2.22. The highest BCUT2D eigenvalue weighted by Gasteiger charge is 2.08. The Morgan fingerprint density at radius 1 is 1.20 bits per heavy atom. The number of hydrogen-bond donors (Lipinski definition) is 1. The molecule has 2 atom stereocenters. The van der Waals surface area contributed by atoms with E-state index in [0.717, 1.165) is 6.42 Å². The van der Waals surface area contributed by atoms with Crippen LogP contribution in [0.3, 0.4) is 0 Å². The van der Waals surface area contributed by atoms with E-state index >= 15 is 0 Å². The predicted molar refractivity (Wildman–Crippen MR) is 64.0 cm³/mol. The number of hydrogen-bond acceptors (Lipinski definition) is 2. The second-order valence-electron chi connectivity index (χ2n) is 3.94. The smallest absolute Gasteiger partial charge is 0.0818 e. The minimum Gasteiger partial charge on any atom is -0.377 e. The molecule has 1 aromatic rings. The fourth-order valence-electron chi connectivity index (χ4n) is 1.71. The molecule has 0 aliphatic rings. The van der Waals surface area contributed by atoms with Crippen molar-refractivity contribution in [3.05, 3.63) is 35.4 Å². The fourth-order valence-corrected chi connectivity index (χ4v) is 1.71. The third kappa shape index (κ3) is 3.05. The lowest BCUT2D eigenvalue weighted by molar-refractivity contribution is 0.100. The van der Waals surface area contributed by atoms with Gasteiger partial charge >= 0.3 is 0 Å². The molecular weight excluding hydrogens is 186 g/mol. The van der Waals surface area contributed by atoms with Gasteiger partial charge in [0.2, 0.25) is 0 Å². The molecule has 0 aliphatic heterocycles. The standard InChI is InChI=1S/C13H21NO/c1-4-13(15-3)12-7-5-11(6-8-12)10(2)9-14/h5-8,10,13H,4,9,14H2,1-3H3. The molecule has 0 spiro atoms. The second-order valence-corrected chi connectivity index (χ2v) is 3.94. The van der Waals surface area contributed by atoms with E-state index in [4.69, 9.17) is 10.5 Å². The highest BCUT2D eigenvalue weighted by atomic mass is 16.5. The van der Waals surface area contributed by atoms with Crippen LogP contribution in [0, 0.1) is 0 Å². The van der Waals surface area contributed by atoms with E-state index in [9.17, 15) is 0 Å². The predicted octanol–water partition coefficient (Wildman–Crippen LogP) is 2.85. The molecule has 2 nitrogen and oxygen atoms in total. The summed E-state index contributed by atoms with van der Waals surface area (Å²) in [5.41, 5.74) is 8.17. The molecule has 0 aliphatic carbocycles. The average molecular weight is 207 g/mol. The summed E-state index contributed by atoms with van der Waals surface area (Å²) in [4.78, 5) is 0. The summed E-state index contributed by atoms with van der Waals surface area (Å²) in [7, 11) is 1.75. The van der Waals surface area contributed by atoms with Gasteiger partial charge in [-0.3, -0.25) is 0 Å². The zero-order valence-electron chi connectivity index (χ0n) is 9.86. The number of nitrogens with two attached hydrogens (primary N) is 1. The molecule has 0 aromatic heterocycles. The molecule has 2 unspecified atom stereocenters. The molecular formula is C13H21NO. The van der Waals surface area contributed by atoms with Crippen molar-refractivity contribution in [2.45, 2.75) is 32.3 Å². The quantitative estimate of drug-likeness (QED) is 0.805. The normalized spacial score (nSPS) is 14.9. The number of methoxy groups -OCH3 is 1.